The summed E-state index contributed by atoms with van der Waals surface area (Å²) in [5, 5.41) is 0. The third-order valence-electron chi connectivity index (χ3n) is 2.27. The Morgan fingerprint density at radius 1 is 1.28 bits per heavy atom. The van der Waals surface area contributed by atoms with E-state index in [1.165, 1.54) is 7.11 Å². The van der Waals surface area contributed by atoms with Gasteiger partial charge in [0.25, 0.3) is 0 Å². The van der Waals surface area contributed by atoms with Crippen LogP contribution in [0.1, 0.15) is 23.7 Å². The van der Waals surface area contributed by atoms with Crippen molar-refractivity contribution in [1.82, 2.24) is 0 Å². The van der Waals surface area contributed by atoms with Crippen LogP contribution >= 0.6 is 0 Å². The molecule has 0 amide bonds. The van der Waals surface area contributed by atoms with Gasteiger partial charge in [-0.05, 0) is 24.6 Å². The second kappa shape index (κ2) is 7.55. The van der Waals surface area contributed by atoms with Crippen LogP contribution in [-0.2, 0) is 9.47 Å². The number of ether oxygens (including phenoxy) is 3. The number of hydrogen-bond acceptors (Lipinski definition) is 5. The third kappa shape index (κ3) is 4.25. The van der Waals surface area contributed by atoms with Gasteiger partial charge < -0.3 is 19.9 Å². The topological polar surface area (TPSA) is 70.8 Å². The smallest absolute Gasteiger partial charge is 0.340 e. The summed E-state index contributed by atoms with van der Waals surface area (Å²) < 4.78 is 15.4. The molecule has 0 radical (unpaired) electrons. The highest BCUT2D eigenvalue weighted by Gasteiger charge is 2.11. The lowest BCUT2D eigenvalue weighted by molar-refractivity contribution is 0.0601. The first kappa shape index (κ1) is 14.3. The molecule has 2 N–H and O–H groups in total. The minimum Gasteiger partial charge on any atom is -0.491 e. The van der Waals surface area contributed by atoms with Gasteiger partial charge in [0.2, 0.25) is 0 Å². The normalized spacial score (nSPS) is 10.1. The van der Waals surface area contributed by atoms with Gasteiger partial charge in [-0.2, -0.15) is 0 Å². The summed E-state index contributed by atoms with van der Waals surface area (Å²) in [7, 11) is 1.31. The average Bonchev–Trinajstić information content (AvgIpc) is 2.39. The van der Waals surface area contributed by atoms with E-state index in [1.54, 1.807) is 18.2 Å². The van der Waals surface area contributed by atoms with E-state index in [2.05, 4.69) is 4.74 Å². The maximum Gasteiger partial charge on any atom is 0.340 e. The summed E-state index contributed by atoms with van der Waals surface area (Å²) in [6, 6.07) is 4.90. The number of carbonyl (C=O) groups is 1. The van der Waals surface area contributed by atoms with Crippen LogP contribution in [0.3, 0.4) is 0 Å². The highest BCUT2D eigenvalue weighted by Crippen LogP contribution is 2.20. The van der Waals surface area contributed by atoms with E-state index in [0.29, 0.717) is 30.2 Å². The Balaban J connectivity index is 2.54. The third-order valence-corrected chi connectivity index (χ3v) is 2.27. The fourth-order valence-corrected chi connectivity index (χ4v) is 1.38. The number of esters is 1. The van der Waals surface area contributed by atoms with Gasteiger partial charge in [-0.15, -0.1) is 0 Å². The Morgan fingerprint density at radius 3 is 2.72 bits per heavy atom. The van der Waals surface area contributed by atoms with Crippen LogP contribution in [0.15, 0.2) is 18.2 Å². The summed E-state index contributed by atoms with van der Waals surface area (Å²) in [6.07, 6.45) is 0.981. The maximum absolute atomic E-state index is 11.4. The molecule has 0 aromatic heterocycles. The summed E-state index contributed by atoms with van der Waals surface area (Å²) in [6.45, 7) is 3.72. The van der Waals surface area contributed by atoms with Crippen LogP contribution in [-0.4, -0.2) is 32.9 Å². The molecule has 0 aliphatic heterocycles. The van der Waals surface area contributed by atoms with E-state index in [1.807, 2.05) is 6.92 Å². The molecule has 18 heavy (non-hydrogen) atoms. The van der Waals surface area contributed by atoms with Gasteiger partial charge in [0.15, 0.2) is 0 Å². The standard InChI is InChI=1S/C13H19NO4/c1-3-6-17-7-8-18-10-4-5-12(14)11(9-10)13(15)16-2/h4-5,9H,3,6-8,14H2,1-2H3. The lowest BCUT2D eigenvalue weighted by Gasteiger charge is -2.09. The highest BCUT2D eigenvalue weighted by atomic mass is 16.5. The molecule has 0 fully saturated rings. The van der Waals surface area contributed by atoms with Gasteiger partial charge in [-0.1, -0.05) is 6.92 Å². The van der Waals surface area contributed by atoms with Gasteiger partial charge in [-0.25, -0.2) is 4.79 Å². The molecule has 100 valence electrons. The monoisotopic (exact) mass is 253 g/mol. The first-order valence-electron chi connectivity index (χ1n) is 5.87. The van der Waals surface area contributed by atoms with E-state index in [9.17, 15) is 4.79 Å². The molecular weight excluding hydrogens is 234 g/mol. The van der Waals surface area contributed by atoms with Crippen molar-refractivity contribution < 1.29 is 19.0 Å². The minimum absolute atomic E-state index is 0.310. The van der Waals surface area contributed by atoms with Crippen LogP contribution in [0.5, 0.6) is 5.75 Å². The van der Waals surface area contributed by atoms with Gasteiger partial charge in [0.1, 0.15) is 12.4 Å². The van der Waals surface area contributed by atoms with E-state index in [4.69, 9.17) is 15.2 Å². The van der Waals surface area contributed by atoms with Crippen molar-refractivity contribution in [2.75, 3.05) is 32.7 Å². The Hall–Kier alpha value is -1.75. The highest BCUT2D eigenvalue weighted by molar-refractivity contribution is 5.95. The second-order valence-electron chi connectivity index (χ2n) is 3.70. The Labute approximate surface area is 107 Å². The number of rotatable bonds is 7. The molecule has 0 aliphatic rings. The van der Waals surface area contributed by atoms with Gasteiger partial charge in [0.05, 0.1) is 19.3 Å². The zero-order valence-electron chi connectivity index (χ0n) is 10.8. The fourth-order valence-electron chi connectivity index (χ4n) is 1.38. The van der Waals surface area contributed by atoms with Crippen molar-refractivity contribution in [3.63, 3.8) is 0 Å². The Kier molecular flexibility index (Phi) is 6.00. The zero-order valence-corrected chi connectivity index (χ0v) is 10.8. The van der Waals surface area contributed by atoms with Gasteiger partial charge in [-0.3, -0.25) is 0 Å². The van der Waals surface area contributed by atoms with Crippen LogP contribution < -0.4 is 10.5 Å². The first-order chi connectivity index (χ1) is 8.69. The quantitative estimate of drug-likeness (QED) is 0.456. The van der Waals surface area contributed by atoms with Crippen LogP contribution in [0, 0.1) is 0 Å². The molecule has 0 atom stereocenters. The van der Waals surface area contributed by atoms with Crippen molar-refractivity contribution in [2.45, 2.75) is 13.3 Å². The molecule has 5 heteroatoms. The van der Waals surface area contributed by atoms with E-state index in [0.717, 1.165) is 13.0 Å². The summed E-state index contributed by atoms with van der Waals surface area (Å²) in [5.74, 6) is 0.102. The predicted molar refractivity (Wildman–Crippen MR) is 68.8 cm³/mol. The maximum atomic E-state index is 11.4. The van der Waals surface area contributed by atoms with Crippen molar-refractivity contribution in [3.8, 4) is 5.75 Å². The number of benzene rings is 1. The molecule has 1 aromatic carbocycles. The van der Waals surface area contributed by atoms with Crippen molar-refractivity contribution in [1.29, 1.82) is 0 Å². The van der Waals surface area contributed by atoms with E-state index >= 15 is 0 Å². The molecule has 1 rings (SSSR count). The number of hydrogen-bond donors (Lipinski definition) is 1. The zero-order chi connectivity index (χ0) is 13.4. The molecule has 5 nitrogen and oxygen atoms in total. The Bertz CT molecular complexity index is 393. The first-order valence-corrected chi connectivity index (χ1v) is 5.87. The van der Waals surface area contributed by atoms with Crippen molar-refractivity contribution >= 4 is 11.7 Å². The number of nitrogen functional groups attached to an aromatic ring is 1. The van der Waals surface area contributed by atoms with Gasteiger partial charge >= 0.3 is 5.97 Å². The number of methoxy groups -OCH3 is 1. The largest absolute Gasteiger partial charge is 0.491 e. The Morgan fingerprint density at radius 2 is 2.06 bits per heavy atom. The molecule has 0 aliphatic carbocycles. The van der Waals surface area contributed by atoms with E-state index in [-0.39, 0.29) is 0 Å². The predicted octanol–water partition coefficient (Wildman–Crippen LogP) is 1.86. The molecule has 0 saturated carbocycles. The second-order valence-corrected chi connectivity index (χ2v) is 3.70. The van der Waals surface area contributed by atoms with Crippen LogP contribution in [0.25, 0.3) is 0 Å². The summed E-state index contributed by atoms with van der Waals surface area (Å²) >= 11 is 0. The van der Waals surface area contributed by atoms with E-state index < -0.39 is 5.97 Å². The fraction of sp³-hybridized carbons (Fsp3) is 0.462. The van der Waals surface area contributed by atoms with Gasteiger partial charge in [0, 0.05) is 12.3 Å². The molecule has 0 spiro atoms. The summed E-state index contributed by atoms with van der Waals surface area (Å²) in [5.41, 5.74) is 6.36. The minimum atomic E-state index is -0.472. The van der Waals surface area contributed by atoms with Crippen LogP contribution in [0.2, 0.25) is 0 Å². The number of carbonyl (C=O) groups excluding carboxylic acids is 1. The molecule has 0 heterocycles. The van der Waals surface area contributed by atoms with Crippen molar-refractivity contribution in [3.05, 3.63) is 23.8 Å². The number of nitrogens with two attached hydrogens (primary N) is 1. The molecule has 1 aromatic rings. The molecule has 0 bridgehead atoms. The van der Waals surface area contributed by atoms with Crippen molar-refractivity contribution in [2.24, 2.45) is 0 Å². The molecule has 0 saturated heterocycles. The molecular formula is C13H19NO4. The lowest BCUT2D eigenvalue weighted by Crippen LogP contribution is -2.09. The lowest BCUT2D eigenvalue weighted by atomic mass is 10.2. The number of anilines is 1. The SMILES string of the molecule is CCCOCCOc1ccc(N)c(C(=O)OC)c1. The molecule has 0 unspecified atom stereocenters. The average molecular weight is 253 g/mol. The summed E-state index contributed by atoms with van der Waals surface area (Å²) in [4.78, 5) is 11.4. The van der Waals surface area contributed by atoms with Crippen LogP contribution in [0.4, 0.5) is 5.69 Å².